The minimum Gasteiger partial charge on any atom is -0.392 e. The zero-order valence-corrected chi connectivity index (χ0v) is 21.2. The van der Waals surface area contributed by atoms with Crippen molar-refractivity contribution < 1.29 is 19.4 Å². The second kappa shape index (κ2) is 10.5. The van der Waals surface area contributed by atoms with E-state index >= 15 is 4.39 Å². The van der Waals surface area contributed by atoms with Gasteiger partial charge in [-0.2, -0.15) is 0 Å². The first kappa shape index (κ1) is 26.3. The van der Waals surface area contributed by atoms with Gasteiger partial charge in [-0.1, -0.05) is 45.7 Å². The van der Waals surface area contributed by atoms with Crippen LogP contribution in [0.25, 0.3) is 11.3 Å². The largest absolute Gasteiger partial charge is 0.392 e. The Kier molecular flexibility index (Phi) is 8.16. The molecule has 3 N–H and O–H groups in total. The maximum absolute atomic E-state index is 15.4. The number of carbonyl (C=O) groups is 1. The van der Waals surface area contributed by atoms with Gasteiger partial charge in [0.1, 0.15) is 5.82 Å². The van der Waals surface area contributed by atoms with Gasteiger partial charge in [0, 0.05) is 24.1 Å². The SMILES string of the molecule is CCC[C@@H](Nc1ncc(Cl)c(-c2cc(F)c3c(c2)C(C)(C)CN(C[C@@H](C)O)C3=O)n1)[C@H](O)CC. The maximum Gasteiger partial charge on any atom is 0.257 e. The number of aliphatic hydroxyl groups excluding tert-OH is 2. The van der Waals surface area contributed by atoms with E-state index in [2.05, 4.69) is 15.3 Å². The Bertz CT molecular complexity index is 1050. The summed E-state index contributed by atoms with van der Waals surface area (Å²) in [5.41, 5.74) is 0.825. The van der Waals surface area contributed by atoms with Crippen molar-refractivity contribution in [2.45, 2.75) is 77.5 Å². The number of nitrogens with zero attached hydrogens (tertiary/aromatic N) is 3. The van der Waals surface area contributed by atoms with Crippen molar-refractivity contribution >= 4 is 23.5 Å². The third kappa shape index (κ3) is 5.50. The first-order valence-corrected chi connectivity index (χ1v) is 12.1. The molecule has 34 heavy (non-hydrogen) atoms. The Balaban J connectivity index is 2.03. The molecule has 1 aliphatic rings. The van der Waals surface area contributed by atoms with E-state index in [4.69, 9.17) is 11.6 Å². The first-order chi connectivity index (χ1) is 16.0. The van der Waals surface area contributed by atoms with Gasteiger partial charge >= 0.3 is 0 Å². The van der Waals surface area contributed by atoms with Gasteiger partial charge in [0.25, 0.3) is 5.91 Å². The lowest BCUT2D eigenvalue weighted by molar-refractivity contribution is 0.0560. The zero-order chi connectivity index (χ0) is 25.2. The van der Waals surface area contributed by atoms with Crippen molar-refractivity contribution in [2.24, 2.45) is 0 Å². The predicted molar refractivity (Wildman–Crippen MR) is 132 cm³/mol. The molecule has 0 spiro atoms. The second-order valence-electron chi connectivity index (χ2n) is 9.70. The van der Waals surface area contributed by atoms with Gasteiger partial charge < -0.3 is 20.4 Å². The highest BCUT2D eigenvalue weighted by Gasteiger charge is 2.39. The lowest BCUT2D eigenvalue weighted by atomic mass is 9.77. The number of fused-ring (bicyclic) bond motifs is 1. The van der Waals surface area contributed by atoms with Crippen molar-refractivity contribution in [3.8, 4) is 11.3 Å². The molecule has 9 heteroatoms. The van der Waals surface area contributed by atoms with E-state index in [1.165, 1.54) is 17.2 Å². The van der Waals surface area contributed by atoms with E-state index in [9.17, 15) is 15.0 Å². The molecule has 1 aromatic heterocycles. The van der Waals surface area contributed by atoms with Gasteiger partial charge in [-0.3, -0.25) is 4.79 Å². The van der Waals surface area contributed by atoms with Crippen LogP contribution in [0, 0.1) is 5.82 Å². The fraction of sp³-hybridized carbons (Fsp3) is 0.560. The molecule has 186 valence electrons. The minimum absolute atomic E-state index is 0.0123. The third-order valence-electron chi connectivity index (χ3n) is 6.21. The Morgan fingerprint density at radius 2 is 2.00 bits per heavy atom. The van der Waals surface area contributed by atoms with Crippen LogP contribution in [-0.2, 0) is 5.41 Å². The molecule has 0 bridgehead atoms. The average Bonchev–Trinajstić information content (AvgIpc) is 2.76. The molecule has 2 heterocycles. The number of aromatic nitrogens is 2. The predicted octanol–water partition coefficient (Wildman–Crippen LogP) is 4.40. The van der Waals surface area contributed by atoms with Crippen LogP contribution < -0.4 is 5.32 Å². The molecule has 3 rings (SSSR count). The van der Waals surface area contributed by atoms with Crippen LogP contribution in [-0.4, -0.2) is 62.3 Å². The van der Waals surface area contributed by atoms with Crippen molar-refractivity contribution in [1.82, 2.24) is 14.9 Å². The lowest BCUT2D eigenvalue weighted by Crippen LogP contribution is -2.49. The zero-order valence-electron chi connectivity index (χ0n) is 20.4. The highest BCUT2D eigenvalue weighted by atomic mass is 35.5. The summed E-state index contributed by atoms with van der Waals surface area (Å²) in [4.78, 5) is 23.3. The highest BCUT2D eigenvalue weighted by Crippen LogP contribution is 2.38. The Morgan fingerprint density at radius 1 is 1.29 bits per heavy atom. The molecule has 1 aliphatic heterocycles. The summed E-state index contributed by atoms with van der Waals surface area (Å²) in [6.45, 7) is 9.90. The minimum atomic E-state index is -0.711. The van der Waals surface area contributed by atoms with Gasteiger partial charge in [-0.15, -0.1) is 0 Å². The summed E-state index contributed by atoms with van der Waals surface area (Å²) in [6, 6.07) is 2.81. The van der Waals surface area contributed by atoms with Crippen molar-refractivity contribution in [3.63, 3.8) is 0 Å². The average molecular weight is 493 g/mol. The number of halogens is 2. The Hall–Kier alpha value is -2.29. The summed E-state index contributed by atoms with van der Waals surface area (Å²) in [5, 5.41) is 23.5. The monoisotopic (exact) mass is 492 g/mol. The summed E-state index contributed by atoms with van der Waals surface area (Å²) >= 11 is 6.41. The van der Waals surface area contributed by atoms with Gasteiger partial charge in [-0.25, -0.2) is 14.4 Å². The maximum atomic E-state index is 15.4. The number of nitrogens with one attached hydrogen (secondary N) is 1. The van der Waals surface area contributed by atoms with E-state index in [1.807, 2.05) is 27.7 Å². The molecular weight excluding hydrogens is 459 g/mol. The topological polar surface area (TPSA) is 98.6 Å². The third-order valence-corrected chi connectivity index (χ3v) is 6.48. The molecule has 0 saturated heterocycles. The van der Waals surface area contributed by atoms with E-state index in [1.54, 1.807) is 13.0 Å². The molecule has 0 aliphatic carbocycles. The summed E-state index contributed by atoms with van der Waals surface area (Å²) in [6.07, 6.45) is 2.38. The van der Waals surface area contributed by atoms with Gasteiger partial charge in [0.2, 0.25) is 5.95 Å². The van der Waals surface area contributed by atoms with E-state index in [-0.39, 0.29) is 23.2 Å². The summed E-state index contributed by atoms with van der Waals surface area (Å²) < 4.78 is 15.4. The number of amides is 1. The first-order valence-electron chi connectivity index (χ1n) is 11.8. The number of hydrogen-bond acceptors (Lipinski definition) is 6. The molecule has 0 radical (unpaired) electrons. The Morgan fingerprint density at radius 3 is 2.62 bits per heavy atom. The quantitative estimate of drug-likeness (QED) is 0.480. The van der Waals surface area contributed by atoms with Gasteiger partial charge in [0.05, 0.1) is 40.7 Å². The van der Waals surface area contributed by atoms with Crippen LogP contribution in [0.2, 0.25) is 5.02 Å². The van der Waals surface area contributed by atoms with E-state index < -0.39 is 29.3 Å². The number of aliphatic hydroxyl groups is 2. The summed E-state index contributed by atoms with van der Waals surface area (Å²) in [5.74, 6) is -0.802. The second-order valence-corrected chi connectivity index (χ2v) is 10.1. The fourth-order valence-corrected chi connectivity index (χ4v) is 4.71. The van der Waals surface area contributed by atoms with Gasteiger partial charge in [0.15, 0.2) is 0 Å². The highest BCUT2D eigenvalue weighted by molar-refractivity contribution is 6.32. The molecule has 0 fully saturated rings. The van der Waals surface area contributed by atoms with Crippen molar-refractivity contribution in [2.75, 3.05) is 18.4 Å². The molecule has 0 unspecified atom stereocenters. The van der Waals surface area contributed by atoms with E-state index in [0.717, 1.165) is 12.8 Å². The number of hydrogen-bond donors (Lipinski definition) is 3. The Labute approximate surface area is 205 Å². The van der Waals surface area contributed by atoms with Crippen molar-refractivity contribution in [1.29, 1.82) is 0 Å². The standard InChI is InChI=1S/C25H34ClFN4O3/c1-6-8-19(20(33)7-2)29-24-28-11-17(26)22(30-24)15-9-16-21(18(27)10-15)23(34)31(12-14(3)32)13-25(16,4)5/h9-11,14,19-20,32-33H,6-8,12-13H2,1-5H3,(H,28,29,30)/t14-,19-,20-/m1/s1. The molecule has 2 aromatic rings. The normalized spacial score (nSPS) is 17.8. The van der Waals surface area contributed by atoms with E-state index in [0.29, 0.717) is 35.7 Å². The number of anilines is 1. The van der Waals surface area contributed by atoms with Crippen molar-refractivity contribution in [3.05, 3.63) is 40.3 Å². The molecule has 1 aromatic carbocycles. The lowest BCUT2D eigenvalue weighted by Gasteiger charge is -2.40. The smallest absolute Gasteiger partial charge is 0.257 e. The molecule has 0 saturated carbocycles. The van der Waals surface area contributed by atoms with Crippen LogP contribution in [0.4, 0.5) is 10.3 Å². The molecule has 1 amide bonds. The summed E-state index contributed by atoms with van der Waals surface area (Å²) in [7, 11) is 0. The number of benzene rings is 1. The van der Waals surface area contributed by atoms with Crippen LogP contribution in [0.1, 0.15) is 69.8 Å². The van der Waals surface area contributed by atoms with Crippen LogP contribution in [0.15, 0.2) is 18.3 Å². The fourth-order valence-electron chi connectivity index (χ4n) is 4.51. The molecule has 3 atom stereocenters. The van der Waals surface area contributed by atoms with Crippen LogP contribution in [0.3, 0.4) is 0 Å². The van der Waals surface area contributed by atoms with Crippen LogP contribution in [0.5, 0.6) is 0 Å². The number of carbonyl (C=O) groups excluding carboxylic acids is 1. The number of β-amino-alcohol motifs (C(OH)–C–C–N with tert-alkyl or cyclic N) is 1. The molecule has 7 nitrogen and oxygen atoms in total. The molecular formula is C25H34ClFN4O3. The van der Waals surface area contributed by atoms with Gasteiger partial charge in [-0.05, 0) is 37.5 Å². The number of rotatable bonds is 9. The van der Waals surface area contributed by atoms with Crippen LogP contribution >= 0.6 is 11.6 Å².